The number of hydrogen-bond donors (Lipinski definition) is 1. The number of rotatable bonds is 1. The molecule has 2 aromatic heterocycles. The van der Waals surface area contributed by atoms with Crippen LogP contribution in [-0.4, -0.2) is 14.8 Å². The Hall–Kier alpha value is -2.30. The lowest BCUT2D eigenvalue weighted by Crippen LogP contribution is -1.93. The average Bonchev–Trinajstić information content (AvgIpc) is 2.86. The first-order valence-electron chi connectivity index (χ1n) is 4.85. The van der Waals surface area contributed by atoms with Crippen molar-refractivity contribution in [3.8, 4) is 11.5 Å². The summed E-state index contributed by atoms with van der Waals surface area (Å²) in [7, 11) is 1.98. The maximum atomic E-state index is 10.8. The number of aromatic nitrogens is 3. The molecule has 0 bridgehead atoms. The van der Waals surface area contributed by atoms with E-state index in [4.69, 9.17) is 4.42 Å². The van der Waals surface area contributed by atoms with Gasteiger partial charge in [-0.15, -0.1) is 5.10 Å². The first kappa shape index (κ1) is 8.96. The molecule has 0 unspecified atom stereocenters. The van der Waals surface area contributed by atoms with Crippen LogP contribution in [-0.2, 0) is 7.05 Å². The molecule has 0 aliphatic carbocycles. The third-order valence-electron chi connectivity index (χ3n) is 2.57. The topological polar surface area (TPSA) is 63.8 Å². The normalized spacial score (nSPS) is 11.1. The van der Waals surface area contributed by atoms with Gasteiger partial charge in [0.1, 0.15) is 0 Å². The Morgan fingerprint density at radius 3 is 3.00 bits per heavy atom. The van der Waals surface area contributed by atoms with Gasteiger partial charge in [0.2, 0.25) is 5.89 Å². The second kappa shape index (κ2) is 3.10. The molecular weight excluding hydrogens is 206 g/mol. The van der Waals surface area contributed by atoms with Gasteiger partial charge in [-0.05, 0) is 24.3 Å². The summed E-state index contributed by atoms with van der Waals surface area (Å²) in [6.45, 7) is 0. The van der Waals surface area contributed by atoms with Crippen LogP contribution in [0.2, 0.25) is 0 Å². The number of fused-ring (bicyclic) bond motifs is 1. The maximum Gasteiger partial charge on any atom is 0.434 e. The van der Waals surface area contributed by atoms with Crippen LogP contribution in [0.15, 0.2) is 39.7 Å². The summed E-state index contributed by atoms with van der Waals surface area (Å²) in [5.74, 6) is -0.223. The Labute approximate surface area is 90.3 Å². The molecule has 0 atom stereocenters. The Morgan fingerprint density at radius 2 is 2.25 bits per heavy atom. The molecule has 3 aromatic rings. The van der Waals surface area contributed by atoms with Gasteiger partial charge in [0.15, 0.2) is 0 Å². The minimum Gasteiger partial charge on any atom is -0.388 e. The van der Waals surface area contributed by atoms with E-state index in [0.717, 1.165) is 16.5 Å². The van der Waals surface area contributed by atoms with Gasteiger partial charge in [0, 0.05) is 29.7 Å². The Bertz CT molecular complexity index is 705. The highest BCUT2D eigenvalue weighted by molar-refractivity contribution is 5.84. The zero-order valence-corrected chi connectivity index (χ0v) is 8.60. The highest BCUT2D eigenvalue weighted by Crippen LogP contribution is 2.22. The molecule has 2 heterocycles. The van der Waals surface area contributed by atoms with E-state index >= 15 is 0 Å². The minimum absolute atomic E-state index is 0.316. The van der Waals surface area contributed by atoms with Crippen molar-refractivity contribution in [1.82, 2.24) is 14.8 Å². The molecule has 0 fully saturated rings. The molecule has 0 saturated carbocycles. The highest BCUT2D eigenvalue weighted by atomic mass is 16.4. The van der Waals surface area contributed by atoms with Crippen molar-refractivity contribution < 1.29 is 4.42 Å². The molecule has 0 aliphatic rings. The summed E-state index contributed by atoms with van der Waals surface area (Å²) < 4.78 is 6.92. The summed E-state index contributed by atoms with van der Waals surface area (Å²) in [4.78, 5) is 10.8. The van der Waals surface area contributed by atoms with Crippen molar-refractivity contribution in [3.63, 3.8) is 0 Å². The molecule has 0 spiro atoms. The monoisotopic (exact) mass is 215 g/mol. The quantitative estimate of drug-likeness (QED) is 0.669. The van der Waals surface area contributed by atoms with Crippen molar-refractivity contribution >= 4 is 10.9 Å². The van der Waals surface area contributed by atoms with Crippen LogP contribution in [0.3, 0.4) is 0 Å². The first-order chi connectivity index (χ1) is 7.74. The number of H-pyrrole nitrogens is 1. The van der Waals surface area contributed by atoms with Crippen molar-refractivity contribution in [2.45, 2.75) is 0 Å². The molecule has 1 aromatic carbocycles. The van der Waals surface area contributed by atoms with E-state index in [-0.39, 0.29) is 0 Å². The molecule has 5 heteroatoms. The van der Waals surface area contributed by atoms with Crippen molar-refractivity contribution in [2.24, 2.45) is 7.05 Å². The Kier molecular flexibility index (Phi) is 1.73. The molecule has 3 rings (SSSR count). The number of nitrogens with one attached hydrogen (secondary N) is 1. The van der Waals surface area contributed by atoms with Crippen LogP contribution >= 0.6 is 0 Å². The van der Waals surface area contributed by atoms with Gasteiger partial charge >= 0.3 is 5.76 Å². The SMILES string of the molecule is Cn1ccc2cc(-c3n[nH]c(=O)o3)ccc21. The molecule has 0 aliphatic heterocycles. The van der Waals surface area contributed by atoms with Gasteiger partial charge in [-0.3, -0.25) is 0 Å². The second-order valence-electron chi connectivity index (χ2n) is 3.62. The summed E-state index contributed by atoms with van der Waals surface area (Å²) in [6.07, 6.45) is 1.98. The van der Waals surface area contributed by atoms with Crippen LogP contribution in [0.1, 0.15) is 0 Å². The van der Waals surface area contributed by atoms with Gasteiger partial charge in [0.05, 0.1) is 0 Å². The highest BCUT2D eigenvalue weighted by Gasteiger charge is 2.06. The molecular formula is C11H9N3O2. The number of aryl methyl sites for hydroxylation is 1. The van der Waals surface area contributed by atoms with E-state index in [2.05, 4.69) is 10.2 Å². The first-order valence-corrected chi connectivity index (χ1v) is 4.85. The lowest BCUT2D eigenvalue weighted by molar-refractivity contribution is 0.527. The number of benzene rings is 1. The second-order valence-corrected chi connectivity index (χ2v) is 3.62. The van der Waals surface area contributed by atoms with E-state index < -0.39 is 5.76 Å². The molecule has 16 heavy (non-hydrogen) atoms. The fourth-order valence-electron chi connectivity index (χ4n) is 1.77. The predicted molar refractivity (Wildman–Crippen MR) is 59.0 cm³/mol. The van der Waals surface area contributed by atoms with Gasteiger partial charge in [-0.25, -0.2) is 9.89 Å². The summed E-state index contributed by atoms with van der Waals surface area (Å²) >= 11 is 0. The molecule has 5 nitrogen and oxygen atoms in total. The van der Waals surface area contributed by atoms with Crippen LogP contribution in [0, 0.1) is 0 Å². The third-order valence-corrected chi connectivity index (χ3v) is 2.57. The third kappa shape index (κ3) is 1.25. The minimum atomic E-state index is -0.539. The molecule has 0 radical (unpaired) electrons. The van der Waals surface area contributed by atoms with Gasteiger partial charge in [-0.2, -0.15) is 0 Å². The fraction of sp³-hybridized carbons (Fsp3) is 0.0909. The standard InChI is InChI=1S/C11H9N3O2/c1-14-5-4-7-6-8(2-3-9(7)14)10-12-13-11(15)16-10/h2-6H,1H3,(H,13,15). The van der Waals surface area contributed by atoms with Crippen LogP contribution in [0.5, 0.6) is 0 Å². The summed E-state index contributed by atoms with van der Waals surface area (Å²) in [6, 6.07) is 7.79. The molecule has 80 valence electrons. The van der Waals surface area contributed by atoms with Crippen LogP contribution in [0.4, 0.5) is 0 Å². The number of hydrogen-bond acceptors (Lipinski definition) is 3. The predicted octanol–water partition coefficient (Wildman–Crippen LogP) is 1.52. The average molecular weight is 215 g/mol. The van der Waals surface area contributed by atoms with Crippen molar-refractivity contribution in [1.29, 1.82) is 0 Å². The zero-order chi connectivity index (χ0) is 11.1. The van der Waals surface area contributed by atoms with E-state index in [1.54, 1.807) is 0 Å². The lowest BCUT2D eigenvalue weighted by Gasteiger charge is -1.97. The van der Waals surface area contributed by atoms with E-state index in [0.29, 0.717) is 5.89 Å². The Morgan fingerprint density at radius 1 is 1.38 bits per heavy atom. The molecule has 1 N–H and O–H groups in total. The van der Waals surface area contributed by atoms with Crippen LogP contribution < -0.4 is 5.76 Å². The lowest BCUT2D eigenvalue weighted by atomic mass is 10.1. The fourth-order valence-corrected chi connectivity index (χ4v) is 1.77. The summed E-state index contributed by atoms with van der Waals surface area (Å²) in [5.41, 5.74) is 1.92. The van der Waals surface area contributed by atoms with E-state index in [1.807, 2.05) is 42.1 Å². The van der Waals surface area contributed by atoms with Gasteiger partial charge < -0.3 is 8.98 Å². The van der Waals surface area contributed by atoms with Crippen LogP contribution in [0.25, 0.3) is 22.4 Å². The van der Waals surface area contributed by atoms with Crippen molar-refractivity contribution in [2.75, 3.05) is 0 Å². The smallest absolute Gasteiger partial charge is 0.388 e. The maximum absolute atomic E-state index is 10.8. The van der Waals surface area contributed by atoms with Gasteiger partial charge in [-0.1, -0.05) is 0 Å². The van der Waals surface area contributed by atoms with Crippen molar-refractivity contribution in [3.05, 3.63) is 41.0 Å². The number of aromatic amines is 1. The summed E-state index contributed by atoms with van der Waals surface area (Å²) in [5, 5.41) is 7.12. The van der Waals surface area contributed by atoms with Gasteiger partial charge in [0.25, 0.3) is 0 Å². The van der Waals surface area contributed by atoms with E-state index in [9.17, 15) is 4.79 Å². The zero-order valence-electron chi connectivity index (χ0n) is 8.60. The van der Waals surface area contributed by atoms with E-state index in [1.165, 1.54) is 0 Å². The molecule has 0 saturated heterocycles. The molecule has 0 amide bonds. The largest absolute Gasteiger partial charge is 0.434 e. The number of nitrogens with zero attached hydrogens (tertiary/aromatic N) is 2. The Balaban J connectivity index is 2.22.